The summed E-state index contributed by atoms with van der Waals surface area (Å²) in [5, 5.41) is 13.9. The Morgan fingerprint density at radius 1 is 1.75 bits per heavy atom. The second-order valence-corrected chi connectivity index (χ2v) is 5.19. The van der Waals surface area contributed by atoms with Crippen molar-refractivity contribution in [2.45, 2.75) is 11.9 Å². The van der Waals surface area contributed by atoms with Gasteiger partial charge >= 0.3 is 10.3 Å². The molecule has 0 aliphatic rings. The maximum Gasteiger partial charge on any atom is 0.367 e. The topological polar surface area (TPSA) is 96.3 Å². The summed E-state index contributed by atoms with van der Waals surface area (Å²) in [6.45, 7) is 1.46. The summed E-state index contributed by atoms with van der Waals surface area (Å²) in [6, 6.07) is 0. The van der Waals surface area contributed by atoms with Crippen LogP contribution in [0.25, 0.3) is 0 Å². The number of hydrogen-bond donors (Lipinski definition) is 0. The number of rotatable bonds is 4. The van der Waals surface area contributed by atoms with E-state index in [-0.39, 0.29) is 21.4 Å². The van der Waals surface area contributed by atoms with Gasteiger partial charge in [-0.15, -0.1) is 0 Å². The highest BCUT2D eigenvalue weighted by molar-refractivity contribution is 8.13. The Kier molecular flexibility index (Phi) is 4.74. The van der Waals surface area contributed by atoms with Crippen LogP contribution in [0.1, 0.15) is 5.69 Å². The molecule has 0 bridgehead atoms. The monoisotopic (exact) mass is 266 g/mol. The summed E-state index contributed by atoms with van der Waals surface area (Å²) >= 11 is 0.915. The van der Waals surface area contributed by atoms with E-state index in [9.17, 15) is 14.2 Å². The molecule has 1 heterocycles. The van der Waals surface area contributed by atoms with E-state index in [1.807, 2.05) is 0 Å². The predicted octanol–water partition coefficient (Wildman–Crippen LogP) is 0.224. The van der Waals surface area contributed by atoms with Crippen LogP contribution in [0.3, 0.4) is 0 Å². The second kappa shape index (κ2) is 5.85. The van der Waals surface area contributed by atoms with Crippen molar-refractivity contribution in [2.75, 3.05) is 18.6 Å². The van der Waals surface area contributed by atoms with Crippen LogP contribution in [0.4, 0.5) is 4.79 Å². The summed E-state index contributed by atoms with van der Waals surface area (Å²) in [4.78, 5) is 10.9. The standard InChI is InChI=1S/C7H10N2O5S2/c1-5-6(8-14-9(5)11)16(12)4-3-15-7(10)13-2/h3-4H2,1-2H3. The summed E-state index contributed by atoms with van der Waals surface area (Å²) in [6.07, 6.45) is 0. The van der Waals surface area contributed by atoms with E-state index in [4.69, 9.17) is 0 Å². The van der Waals surface area contributed by atoms with Crippen LogP contribution in [-0.4, -0.2) is 33.3 Å². The van der Waals surface area contributed by atoms with Crippen molar-refractivity contribution in [3.8, 4) is 0 Å². The Hall–Kier alpha value is -1.09. The molecule has 1 atom stereocenters. The fraction of sp³-hybridized carbons (Fsp3) is 0.571. The molecule has 1 unspecified atom stereocenters. The summed E-state index contributed by atoms with van der Waals surface area (Å²) in [5.41, 5.74) is 0.168. The number of ether oxygens (including phenoxy) is 1. The van der Waals surface area contributed by atoms with Crippen LogP contribution in [0, 0.1) is 12.1 Å². The van der Waals surface area contributed by atoms with Gasteiger partial charge < -0.3 is 9.94 Å². The zero-order chi connectivity index (χ0) is 12.1. The third-order valence-electron chi connectivity index (χ3n) is 1.65. The van der Waals surface area contributed by atoms with Gasteiger partial charge in [-0.1, -0.05) is 0 Å². The van der Waals surface area contributed by atoms with E-state index < -0.39 is 16.1 Å². The van der Waals surface area contributed by atoms with Gasteiger partial charge in [0, 0.05) is 18.4 Å². The van der Waals surface area contributed by atoms with Gasteiger partial charge in [-0.3, -0.25) is 8.84 Å². The summed E-state index contributed by atoms with van der Waals surface area (Å²) in [5.74, 6) is 0.525. The first kappa shape index (κ1) is 13.0. The zero-order valence-corrected chi connectivity index (χ0v) is 10.3. The van der Waals surface area contributed by atoms with Crippen molar-refractivity contribution in [1.82, 2.24) is 5.16 Å². The van der Waals surface area contributed by atoms with E-state index in [0.717, 1.165) is 11.8 Å². The van der Waals surface area contributed by atoms with Gasteiger partial charge in [0.05, 0.1) is 12.3 Å². The van der Waals surface area contributed by atoms with Gasteiger partial charge in [-0.25, -0.2) is 4.79 Å². The van der Waals surface area contributed by atoms with E-state index >= 15 is 0 Å². The minimum absolute atomic E-state index is 0.112. The fourth-order valence-electron chi connectivity index (χ4n) is 0.842. The average molecular weight is 266 g/mol. The van der Waals surface area contributed by atoms with E-state index in [1.165, 1.54) is 14.0 Å². The third kappa shape index (κ3) is 3.20. The largest absolute Gasteiger partial charge is 0.461 e. The quantitative estimate of drug-likeness (QED) is 0.568. The highest BCUT2D eigenvalue weighted by Gasteiger charge is 2.21. The Balaban J connectivity index is 2.47. The lowest BCUT2D eigenvalue weighted by atomic mass is 10.6. The first-order chi connectivity index (χ1) is 7.56. The molecule has 0 fully saturated rings. The van der Waals surface area contributed by atoms with Crippen molar-refractivity contribution >= 4 is 27.9 Å². The summed E-state index contributed by atoms with van der Waals surface area (Å²) in [7, 11) is -0.175. The maximum absolute atomic E-state index is 11.6. The molecule has 7 nitrogen and oxygen atoms in total. The number of carbonyl (C=O) groups excluding carboxylic acids is 1. The molecule has 0 N–H and O–H groups in total. The Bertz CT molecular complexity index is 405. The van der Waals surface area contributed by atoms with Crippen LogP contribution in [-0.2, 0) is 15.5 Å². The summed E-state index contributed by atoms with van der Waals surface area (Å²) < 4.78 is 20.3. The van der Waals surface area contributed by atoms with Gasteiger partial charge in [0.1, 0.15) is 10.8 Å². The maximum atomic E-state index is 11.6. The smallest absolute Gasteiger partial charge is 0.367 e. The lowest BCUT2D eigenvalue weighted by Gasteiger charge is -1.96. The Morgan fingerprint density at radius 2 is 2.44 bits per heavy atom. The Morgan fingerprint density at radius 3 is 2.94 bits per heavy atom. The number of thioether (sulfide) groups is 1. The molecule has 9 heteroatoms. The molecule has 16 heavy (non-hydrogen) atoms. The van der Waals surface area contributed by atoms with Crippen LogP contribution in [0.2, 0.25) is 0 Å². The number of methoxy groups -OCH3 is 1. The van der Waals surface area contributed by atoms with Crippen molar-refractivity contribution in [3.63, 3.8) is 0 Å². The first-order valence-corrected chi connectivity index (χ1v) is 6.52. The minimum atomic E-state index is -1.45. The van der Waals surface area contributed by atoms with Gasteiger partial charge in [0.15, 0.2) is 0 Å². The molecule has 0 amide bonds. The third-order valence-corrected chi connectivity index (χ3v) is 4.10. The number of carbonyl (C=O) groups is 1. The molecule has 0 saturated carbocycles. The molecular weight excluding hydrogens is 256 g/mol. The van der Waals surface area contributed by atoms with Crippen molar-refractivity contribution in [2.24, 2.45) is 0 Å². The van der Waals surface area contributed by atoms with Gasteiger partial charge in [-0.05, 0) is 16.7 Å². The van der Waals surface area contributed by atoms with Gasteiger partial charge in [0.25, 0.3) is 0 Å². The van der Waals surface area contributed by atoms with E-state index in [0.29, 0.717) is 5.75 Å². The molecule has 1 aromatic rings. The fourth-order valence-corrected chi connectivity index (χ4v) is 2.78. The number of hydrogen-bond acceptors (Lipinski definition) is 7. The molecule has 1 rings (SSSR count). The highest BCUT2D eigenvalue weighted by atomic mass is 32.2. The zero-order valence-electron chi connectivity index (χ0n) is 8.67. The van der Waals surface area contributed by atoms with Crippen molar-refractivity contribution < 1.29 is 23.3 Å². The molecule has 0 aromatic carbocycles. The Labute approximate surface area is 98.1 Å². The number of nitrogens with zero attached hydrogens (tertiary/aromatic N) is 2. The molecule has 0 aliphatic carbocycles. The first-order valence-electron chi connectivity index (χ1n) is 4.21. The lowest BCUT2D eigenvalue weighted by Crippen LogP contribution is -2.26. The second-order valence-electron chi connectivity index (χ2n) is 2.67. The lowest BCUT2D eigenvalue weighted by molar-refractivity contribution is -0.807. The molecule has 0 spiro atoms. The number of aromatic nitrogens is 2. The minimum Gasteiger partial charge on any atom is -0.461 e. The molecule has 90 valence electrons. The van der Waals surface area contributed by atoms with Crippen LogP contribution in [0.5, 0.6) is 0 Å². The predicted molar refractivity (Wildman–Crippen MR) is 56.3 cm³/mol. The van der Waals surface area contributed by atoms with Crippen molar-refractivity contribution in [3.05, 3.63) is 10.9 Å². The van der Waals surface area contributed by atoms with Crippen molar-refractivity contribution in [1.29, 1.82) is 0 Å². The molecule has 0 saturated heterocycles. The van der Waals surface area contributed by atoms with E-state index in [2.05, 4.69) is 14.5 Å². The SMILES string of the molecule is COC(=O)SCCS(=O)c1no[n+]([O-])c1C. The van der Waals surface area contributed by atoms with Crippen LogP contribution < -0.4 is 4.90 Å². The highest BCUT2D eigenvalue weighted by Crippen LogP contribution is 2.09. The molecule has 0 aliphatic heterocycles. The van der Waals surface area contributed by atoms with E-state index in [1.54, 1.807) is 0 Å². The van der Waals surface area contributed by atoms with Gasteiger partial charge in [0.2, 0.25) is 5.69 Å². The molecular formula is C7H10N2O5S2. The normalized spacial score (nSPS) is 12.4. The van der Waals surface area contributed by atoms with Gasteiger partial charge in [-0.2, -0.15) is 0 Å². The van der Waals surface area contributed by atoms with Crippen LogP contribution in [0.15, 0.2) is 9.65 Å². The molecule has 1 aromatic heterocycles. The van der Waals surface area contributed by atoms with Crippen LogP contribution >= 0.6 is 11.8 Å². The average Bonchev–Trinajstić information content (AvgIpc) is 2.59. The molecule has 0 radical (unpaired) electrons.